The van der Waals surface area contributed by atoms with Crippen molar-refractivity contribution in [1.82, 2.24) is 10.2 Å². The van der Waals surface area contributed by atoms with Crippen molar-refractivity contribution in [1.29, 1.82) is 0 Å². The minimum absolute atomic E-state index is 0.0912. The predicted octanol–water partition coefficient (Wildman–Crippen LogP) is 6.62. The summed E-state index contributed by atoms with van der Waals surface area (Å²) in [6.07, 6.45) is 3.04. The van der Waals surface area contributed by atoms with Crippen LogP contribution >= 0.6 is 23.4 Å². The van der Waals surface area contributed by atoms with Gasteiger partial charge in [0.25, 0.3) is 5.22 Å². The molecule has 3 aromatic carbocycles. The summed E-state index contributed by atoms with van der Waals surface area (Å²) in [6.45, 7) is 0. The summed E-state index contributed by atoms with van der Waals surface area (Å²) in [4.78, 5) is 12.5. The van der Waals surface area contributed by atoms with Gasteiger partial charge in [0.1, 0.15) is 0 Å². The minimum Gasteiger partial charge on any atom is -0.411 e. The average molecular weight is 568 g/mol. The molecule has 10 heteroatoms. The molecule has 0 spiro atoms. The van der Waals surface area contributed by atoms with Crippen molar-refractivity contribution >= 4 is 44.8 Å². The number of sulfone groups is 1. The second-order valence-electron chi connectivity index (χ2n) is 9.17. The SMILES string of the molecule is O=C(CSc1nnc(-c2ccc(S(=O)(=O)C3CCC(c4ccccc4)CC3)cc2)o1)Nc1ccc(Cl)cc1. The molecule has 1 aromatic heterocycles. The average Bonchev–Trinajstić information content (AvgIpc) is 3.43. The lowest BCUT2D eigenvalue weighted by atomic mass is 9.84. The third-order valence-corrected chi connectivity index (χ3v) is 10.0. The Balaban J connectivity index is 1.16. The third kappa shape index (κ3) is 6.28. The van der Waals surface area contributed by atoms with E-state index in [0.29, 0.717) is 39.9 Å². The summed E-state index contributed by atoms with van der Waals surface area (Å²) in [5.74, 6) is 0.550. The van der Waals surface area contributed by atoms with Crippen LogP contribution in [0.15, 0.2) is 93.4 Å². The van der Waals surface area contributed by atoms with E-state index in [1.165, 1.54) is 5.56 Å². The molecule has 0 aliphatic heterocycles. The molecule has 0 radical (unpaired) electrons. The molecule has 4 aromatic rings. The Labute approximate surface area is 230 Å². The highest BCUT2D eigenvalue weighted by molar-refractivity contribution is 7.99. The maximum atomic E-state index is 13.3. The number of halogens is 1. The van der Waals surface area contributed by atoms with E-state index in [1.807, 2.05) is 18.2 Å². The Morgan fingerprint density at radius 3 is 2.29 bits per heavy atom. The van der Waals surface area contributed by atoms with Crippen LogP contribution < -0.4 is 5.32 Å². The first kappa shape index (κ1) is 26.5. The number of hydrogen-bond donors (Lipinski definition) is 1. The molecule has 0 bridgehead atoms. The fourth-order valence-electron chi connectivity index (χ4n) is 4.65. The number of amides is 1. The van der Waals surface area contributed by atoms with Gasteiger partial charge in [-0.1, -0.05) is 53.7 Å². The molecule has 196 valence electrons. The van der Waals surface area contributed by atoms with Crippen LogP contribution in [0.2, 0.25) is 5.02 Å². The summed E-state index contributed by atoms with van der Waals surface area (Å²) >= 11 is 6.98. The van der Waals surface area contributed by atoms with E-state index in [1.54, 1.807) is 48.5 Å². The molecule has 1 aliphatic carbocycles. The second-order valence-corrected chi connectivity index (χ2v) is 12.8. The molecule has 1 saturated carbocycles. The first-order chi connectivity index (χ1) is 18.4. The fourth-order valence-corrected chi connectivity index (χ4v) is 7.14. The first-order valence-corrected chi connectivity index (χ1v) is 15.2. The zero-order valence-corrected chi connectivity index (χ0v) is 22.8. The first-order valence-electron chi connectivity index (χ1n) is 12.3. The second kappa shape index (κ2) is 11.7. The molecule has 5 rings (SSSR count). The van der Waals surface area contributed by atoms with Gasteiger partial charge in [0.05, 0.1) is 15.9 Å². The van der Waals surface area contributed by atoms with E-state index in [-0.39, 0.29) is 28.0 Å². The Kier molecular flexibility index (Phi) is 8.16. The quantitative estimate of drug-likeness (QED) is 0.239. The van der Waals surface area contributed by atoms with E-state index < -0.39 is 9.84 Å². The van der Waals surface area contributed by atoms with Crippen molar-refractivity contribution in [2.24, 2.45) is 0 Å². The topological polar surface area (TPSA) is 102 Å². The highest BCUT2D eigenvalue weighted by atomic mass is 35.5. The molecule has 0 unspecified atom stereocenters. The summed E-state index contributed by atoms with van der Waals surface area (Å²) in [6, 6.07) is 23.7. The van der Waals surface area contributed by atoms with E-state index in [2.05, 4.69) is 27.6 Å². The number of hydrogen-bond acceptors (Lipinski definition) is 7. The molecule has 1 heterocycles. The summed E-state index contributed by atoms with van der Waals surface area (Å²) in [5, 5.41) is 11.3. The van der Waals surface area contributed by atoms with E-state index in [4.69, 9.17) is 16.0 Å². The predicted molar refractivity (Wildman–Crippen MR) is 149 cm³/mol. The van der Waals surface area contributed by atoms with Gasteiger partial charge in [0.2, 0.25) is 11.8 Å². The van der Waals surface area contributed by atoms with Crippen LogP contribution in [0.3, 0.4) is 0 Å². The number of benzene rings is 3. The molecular weight excluding hydrogens is 542 g/mol. The lowest BCUT2D eigenvalue weighted by Crippen LogP contribution is -2.26. The number of carbonyl (C=O) groups is 1. The van der Waals surface area contributed by atoms with Crippen molar-refractivity contribution in [2.45, 2.75) is 47.0 Å². The zero-order chi connectivity index (χ0) is 26.5. The van der Waals surface area contributed by atoms with Gasteiger partial charge in [-0.3, -0.25) is 4.79 Å². The van der Waals surface area contributed by atoms with Crippen molar-refractivity contribution in [3.8, 4) is 11.5 Å². The van der Waals surface area contributed by atoms with Gasteiger partial charge < -0.3 is 9.73 Å². The highest BCUT2D eigenvalue weighted by Crippen LogP contribution is 2.37. The van der Waals surface area contributed by atoms with Gasteiger partial charge in [-0.15, -0.1) is 10.2 Å². The van der Waals surface area contributed by atoms with E-state index in [9.17, 15) is 13.2 Å². The Morgan fingerprint density at radius 2 is 1.61 bits per heavy atom. The van der Waals surface area contributed by atoms with Gasteiger partial charge >= 0.3 is 0 Å². The van der Waals surface area contributed by atoms with Crippen molar-refractivity contribution in [3.63, 3.8) is 0 Å². The van der Waals surface area contributed by atoms with Crippen LogP contribution in [-0.4, -0.2) is 35.5 Å². The van der Waals surface area contributed by atoms with Crippen molar-refractivity contribution in [2.75, 3.05) is 11.1 Å². The molecule has 7 nitrogen and oxygen atoms in total. The monoisotopic (exact) mass is 567 g/mol. The normalized spacial score (nSPS) is 17.7. The van der Waals surface area contributed by atoms with Crippen LogP contribution in [0.5, 0.6) is 0 Å². The van der Waals surface area contributed by atoms with Crippen molar-refractivity contribution < 1.29 is 17.6 Å². The number of nitrogens with zero attached hydrogens (tertiary/aromatic N) is 2. The lowest BCUT2D eigenvalue weighted by molar-refractivity contribution is -0.113. The number of rotatable bonds is 8. The number of anilines is 1. The largest absolute Gasteiger partial charge is 0.411 e. The smallest absolute Gasteiger partial charge is 0.277 e. The van der Waals surface area contributed by atoms with Gasteiger partial charge in [-0.2, -0.15) is 0 Å². The maximum absolute atomic E-state index is 13.3. The lowest BCUT2D eigenvalue weighted by Gasteiger charge is -2.28. The Hall–Kier alpha value is -3.14. The molecule has 38 heavy (non-hydrogen) atoms. The molecule has 1 N–H and O–H groups in total. The summed E-state index contributed by atoms with van der Waals surface area (Å²) < 4.78 is 32.2. The Morgan fingerprint density at radius 1 is 0.921 bits per heavy atom. The molecule has 1 aliphatic rings. The molecule has 0 atom stereocenters. The minimum atomic E-state index is -3.43. The number of aromatic nitrogens is 2. The molecule has 1 fully saturated rings. The van der Waals surface area contributed by atoms with Gasteiger partial charge in [0, 0.05) is 16.3 Å². The maximum Gasteiger partial charge on any atom is 0.277 e. The van der Waals surface area contributed by atoms with E-state index >= 15 is 0 Å². The number of nitrogens with one attached hydrogen (secondary N) is 1. The summed E-state index contributed by atoms with van der Waals surface area (Å²) in [5.41, 5.74) is 2.54. The highest BCUT2D eigenvalue weighted by Gasteiger charge is 2.32. The van der Waals surface area contributed by atoms with Crippen LogP contribution in [0, 0.1) is 0 Å². The Bertz CT molecular complexity index is 1480. The number of thioether (sulfide) groups is 1. The standard InChI is InChI=1S/C28H26ClN3O4S2/c29-22-10-12-23(13-11-22)30-26(33)18-37-28-32-31-27(36-28)21-8-16-25(17-9-21)38(34,35)24-14-6-20(7-15-24)19-4-2-1-3-5-19/h1-5,8-13,16-17,20,24H,6-7,14-15,18H2,(H,30,33). The fraction of sp³-hybridized carbons (Fsp3) is 0.250. The molecule has 0 saturated heterocycles. The van der Waals surface area contributed by atoms with Crippen LogP contribution in [0.4, 0.5) is 5.69 Å². The summed E-state index contributed by atoms with van der Waals surface area (Å²) in [7, 11) is -3.43. The molecular formula is C28H26ClN3O4S2. The number of carbonyl (C=O) groups excluding carboxylic acids is 1. The van der Waals surface area contributed by atoms with Crippen LogP contribution in [0.25, 0.3) is 11.5 Å². The van der Waals surface area contributed by atoms with Gasteiger partial charge in [0.15, 0.2) is 9.84 Å². The third-order valence-electron chi connectivity index (χ3n) is 6.67. The van der Waals surface area contributed by atoms with Gasteiger partial charge in [-0.05, 0) is 85.7 Å². The van der Waals surface area contributed by atoms with Crippen molar-refractivity contribution in [3.05, 3.63) is 89.4 Å². The van der Waals surface area contributed by atoms with Gasteiger partial charge in [-0.25, -0.2) is 8.42 Å². The van der Waals surface area contributed by atoms with Crippen LogP contribution in [-0.2, 0) is 14.6 Å². The zero-order valence-electron chi connectivity index (χ0n) is 20.4. The van der Waals surface area contributed by atoms with Crippen LogP contribution in [0.1, 0.15) is 37.2 Å². The molecule has 1 amide bonds. The van der Waals surface area contributed by atoms with E-state index in [0.717, 1.165) is 24.6 Å².